The molecule has 3 N–H and O–H groups in total. The Morgan fingerprint density at radius 3 is 2.62 bits per heavy atom. The molecule has 6 heteroatoms. The van der Waals surface area contributed by atoms with Gasteiger partial charge in [-0.05, 0) is 47.7 Å². The van der Waals surface area contributed by atoms with E-state index in [1.54, 1.807) is 43.3 Å². The molecular formula is C20H22N2O4. The van der Waals surface area contributed by atoms with Crippen molar-refractivity contribution in [2.45, 2.75) is 26.3 Å². The van der Waals surface area contributed by atoms with Gasteiger partial charge in [-0.15, -0.1) is 0 Å². The van der Waals surface area contributed by atoms with E-state index >= 15 is 0 Å². The Bertz CT molecular complexity index is 817. The van der Waals surface area contributed by atoms with Crippen molar-refractivity contribution >= 4 is 18.3 Å². The molecule has 0 bridgehead atoms. The zero-order valence-electron chi connectivity index (χ0n) is 14.8. The van der Waals surface area contributed by atoms with Gasteiger partial charge in [-0.25, -0.2) is 4.79 Å². The fourth-order valence-electron chi connectivity index (χ4n) is 2.71. The Morgan fingerprint density at radius 2 is 1.92 bits per heavy atom. The fraction of sp³-hybridized carbons (Fsp3) is 0.250. The monoisotopic (exact) mass is 354 g/mol. The van der Waals surface area contributed by atoms with Crippen molar-refractivity contribution in [3.05, 3.63) is 70.3 Å². The van der Waals surface area contributed by atoms with Crippen LogP contribution in [0.2, 0.25) is 0 Å². The average Bonchev–Trinajstić information content (AvgIpc) is 2.64. The fourth-order valence-corrected chi connectivity index (χ4v) is 2.71. The average molecular weight is 354 g/mol. The number of carbonyl (C=O) groups excluding carboxylic acids is 2. The van der Waals surface area contributed by atoms with Gasteiger partial charge in [0.05, 0.1) is 5.56 Å². The SMILES string of the molecule is Cc1c(CNC(=O)c2cccc(C(C)CNC=O)c2)cccc1C(=O)O. The number of carboxylic acid groups (broad SMARTS) is 1. The highest BCUT2D eigenvalue weighted by molar-refractivity contribution is 5.94. The molecule has 2 amide bonds. The molecule has 0 heterocycles. The van der Waals surface area contributed by atoms with E-state index in [0.29, 0.717) is 24.1 Å². The van der Waals surface area contributed by atoms with Gasteiger partial charge in [0.2, 0.25) is 6.41 Å². The predicted octanol–water partition coefficient (Wildman–Crippen LogP) is 2.47. The van der Waals surface area contributed by atoms with Gasteiger partial charge in [0, 0.05) is 18.7 Å². The van der Waals surface area contributed by atoms with Crippen LogP contribution in [-0.2, 0) is 11.3 Å². The number of amides is 2. The minimum atomic E-state index is -0.985. The molecule has 2 aromatic rings. The van der Waals surface area contributed by atoms with Gasteiger partial charge in [0.25, 0.3) is 5.91 Å². The number of carboxylic acids is 1. The lowest BCUT2D eigenvalue weighted by molar-refractivity contribution is -0.109. The van der Waals surface area contributed by atoms with Crippen LogP contribution in [-0.4, -0.2) is 29.9 Å². The molecule has 1 atom stereocenters. The summed E-state index contributed by atoms with van der Waals surface area (Å²) in [5.41, 5.74) is 3.11. The number of hydrogen-bond acceptors (Lipinski definition) is 3. The standard InChI is InChI=1S/C20H22N2O4/c1-13(10-21-12-23)15-5-3-6-16(9-15)19(24)22-11-17-7-4-8-18(14(17)2)20(25)26/h3-9,12-13H,10-11H2,1-2H3,(H,21,23)(H,22,24)(H,25,26). The van der Waals surface area contributed by atoms with Crippen LogP contribution in [0.5, 0.6) is 0 Å². The molecule has 0 spiro atoms. The van der Waals surface area contributed by atoms with Gasteiger partial charge >= 0.3 is 5.97 Å². The van der Waals surface area contributed by atoms with Crippen LogP contribution in [0.25, 0.3) is 0 Å². The van der Waals surface area contributed by atoms with Crippen LogP contribution in [0.4, 0.5) is 0 Å². The quantitative estimate of drug-likeness (QED) is 0.635. The zero-order valence-corrected chi connectivity index (χ0v) is 14.8. The number of benzene rings is 2. The van der Waals surface area contributed by atoms with Gasteiger partial charge in [0.15, 0.2) is 0 Å². The summed E-state index contributed by atoms with van der Waals surface area (Å²) in [5, 5.41) is 14.6. The van der Waals surface area contributed by atoms with Gasteiger partial charge in [-0.1, -0.05) is 31.2 Å². The first-order valence-corrected chi connectivity index (χ1v) is 8.31. The van der Waals surface area contributed by atoms with Crippen molar-refractivity contribution in [2.24, 2.45) is 0 Å². The lowest BCUT2D eigenvalue weighted by Crippen LogP contribution is -2.24. The number of aromatic carboxylic acids is 1. The van der Waals surface area contributed by atoms with Gasteiger partial charge in [-0.2, -0.15) is 0 Å². The second-order valence-electron chi connectivity index (χ2n) is 6.13. The third-order valence-electron chi connectivity index (χ3n) is 4.34. The lowest BCUT2D eigenvalue weighted by Gasteiger charge is -2.13. The van der Waals surface area contributed by atoms with Crippen LogP contribution in [0.1, 0.15) is 50.2 Å². The van der Waals surface area contributed by atoms with E-state index in [0.717, 1.165) is 11.1 Å². The molecular weight excluding hydrogens is 332 g/mol. The second kappa shape index (κ2) is 8.80. The largest absolute Gasteiger partial charge is 0.478 e. The van der Waals surface area contributed by atoms with Crippen LogP contribution in [0.15, 0.2) is 42.5 Å². The predicted molar refractivity (Wildman–Crippen MR) is 98.2 cm³/mol. The minimum absolute atomic E-state index is 0.0856. The van der Waals surface area contributed by atoms with E-state index in [4.69, 9.17) is 0 Å². The summed E-state index contributed by atoms with van der Waals surface area (Å²) in [7, 11) is 0. The van der Waals surface area contributed by atoms with E-state index in [9.17, 15) is 19.5 Å². The summed E-state index contributed by atoms with van der Waals surface area (Å²) in [5.74, 6) is -1.13. The van der Waals surface area contributed by atoms with Gasteiger partial charge in [-0.3, -0.25) is 9.59 Å². The molecule has 2 rings (SSSR count). The molecule has 0 aliphatic rings. The van der Waals surface area contributed by atoms with E-state index in [1.165, 1.54) is 0 Å². The van der Waals surface area contributed by atoms with Crippen LogP contribution in [0.3, 0.4) is 0 Å². The Kier molecular flexibility index (Phi) is 6.49. The molecule has 0 aliphatic heterocycles. The van der Waals surface area contributed by atoms with Gasteiger partial charge < -0.3 is 15.7 Å². The first kappa shape index (κ1) is 19.2. The van der Waals surface area contributed by atoms with Crippen LogP contribution < -0.4 is 10.6 Å². The summed E-state index contributed by atoms with van der Waals surface area (Å²) in [6.45, 7) is 4.44. The molecule has 1 unspecified atom stereocenters. The minimum Gasteiger partial charge on any atom is -0.478 e. The summed E-state index contributed by atoms with van der Waals surface area (Å²) < 4.78 is 0. The maximum atomic E-state index is 12.4. The maximum absolute atomic E-state index is 12.4. The normalized spacial score (nSPS) is 11.5. The summed E-state index contributed by atoms with van der Waals surface area (Å²) in [4.78, 5) is 34.1. The summed E-state index contributed by atoms with van der Waals surface area (Å²) in [6.07, 6.45) is 0.653. The molecule has 136 valence electrons. The summed E-state index contributed by atoms with van der Waals surface area (Å²) in [6, 6.07) is 12.2. The van der Waals surface area contributed by atoms with E-state index < -0.39 is 5.97 Å². The Labute approximate surface area is 152 Å². The van der Waals surface area contributed by atoms with E-state index in [2.05, 4.69) is 10.6 Å². The van der Waals surface area contributed by atoms with Crippen molar-refractivity contribution in [1.29, 1.82) is 0 Å². The summed E-state index contributed by atoms with van der Waals surface area (Å²) >= 11 is 0. The third-order valence-corrected chi connectivity index (χ3v) is 4.34. The molecule has 2 aromatic carbocycles. The molecule has 26 heavy (non-hydrogen) atoms. The first-order valence-electron chi connectivity index (χ1n) is 8.31. The third kappa shape index (κ3) is 4.69. The van der Waals surface area contributed by atoms with Crippen molar-refractivity contribution in [3.63, 3.8) is 0 Å². The molecule has 0 saturated carbocycles. The van der Waals surface area contributed by atoms with E-state index in [-0.39, 0.29) is 23.9 Å². The second-order valence-corrected chi connectivity index (χ2v) is 6.13. The first-order chi connectivity index (χ1) is 12.4. The van der Waals surface area contributed by atoms with E-state index in [1.807, 2.05) is 13.0 Å². The van der Waals surface area contributed by atoms with Crippen LogP contribution in [0, 0.1) is 6.92 Å². The zero-order chi connectivity index (χ0) is 19.1. The molecule has 0 aromatic heterocycles. The Hall–Kier alpha value is -3.15. The van der Waals surface area contributed by atoms with Crippen molar-refractivity contribution < 1.29 is 19.5 Å². The maximum Gasteiger partial charge on any atom is 0.335 e. The Morgan fingerprint density at radius 1 is 1.19 bits per heavy atom. The molecule has 0 fully saturated rings. The van der Waals surface area contributed by atoms with Crippen LogP contribution >= 0.6 is 0 Å². The highest BCUT2D eigenvalue weighted by Gasteiger charge is 2.13. The lowest BCUT2D eigenvalue weighted by atomic mass is 9.98. The number of hydrogen-bond donors (Lipinski definition) is 3. The number of nitrogens with one attached hydrogen (secondary N) is 2. The topological polar surface area (TPSA) is 95.5 Å². The molecule has 0 saturated heterocycles. The molecule has 0 radical (unpaired) electrons. The van der Waals surface area contributed by atoms with Gasteiger partial charge in [0.1, 0.15) is 0 Å². The molecule has 0 aliphatic carbocycles. The highest BCUT2D eigenvalue weighted by Crippen LogP contribution is 2.17. The van der Waals surface area contributed by atoms with Crippen molar-refractivity contribution in [1.82, 2.24) is 10.6 Å². The highest BCUT2D eigenvalue weighted by atomic mass is 16.4. The van der Waals surface area contributed by atoms with Crippen molar-refractivity contribution in [2.75, 3.05) is 6.54 Å². The Balaban J connectivity index is 2.08. The smallest absolute Gasteiger partial charge is 0.335 e. The molecule has 6 nitrogen and oxygen atoms in total. The number of rotatable bonds is 8. The number of carbonyl (C=O) groups is 3. The van der Waals surface area contributed by atoms with Crippen molar-refractivity contribution in [3.8, 4) is 0 Å².